The Hall–Kier alpha value is -1.41. The van der Waals surface area contributed by atoms with E-state index in [-0.39, 0.29) is 19.0 Å². The summed E-state index contributed by atoms with van der Waals surface area (Å²) in [5, 5.41) is 17.7. The molecule has 20 heavy (non-hydrogen) atoms. The Kier molecular flexibility index (Phi) is 7.89. The van der Waals surface area contributed by atoms with E-state index in [0.29, 0.717) is 24.2 Å². The summed E-state index contributed by atoms with van der Waals surface area (Å²) in [6, 6.07) is 4.85. The molecule has 2 N–H and O–H groups in total. The predicted molar refractivity (Wildman–Crippen MR) is 77.6 cm³/mol. The van der Waals surface area contributed by atoms with Gasteiger partial charge in [0.1, 0.15) is 12.4 Å². The second-order valence-electron chi connectivity index (χ2n) is 4.62. The lowest BCUT2D eigenvalue weighted by atomic mass is 10.1. The fourth-order valence-corrected chi connectivity index (χ4v) is 1.93. The second-order valence-corrected chi connectivity index (χ2v) is 4.62. The van der Waals surface area contributed by atoms with Gasteiger partial charge in [0.05, 0.1) is 6.61 Å². The molecule has 0 aliphatic rings. The van der Waals surface area contributed by atoms with Crippen molar-refractivity contribution >= 4 is 0 Å². The van der Waals surface area contributed by atoms with Crippen LogP contribution < -0.4 is 0 Å². The zero-order valence-corrected chi connectivity index (χ0v) is 11.9. The summed E-state index contributed by atoms with van der Waals surface area (Å²) >= 11 is 0. The Morgan fingerprint density at radius 2 is 2.05 bits per heavy atom. The zero-order valence-electron chi connectivity index (χ0n) is 11.9. The lowest BCUT2D eigenvalue weighted by molar-refractivity contribution is 0.187. The summed E-state index contributed by atoms with van der Waals surface area (Å²) in [7, 11) is 0. The van der Waals surface area contributed by atoms with Gasteiger partial charge in [-0.05, 0) is 25.1 Å². The van der Waals surface area contributed by atoms with Crippen LogP contribution in [-0.2, 0) is 6.54 Å². The van der Waals surface area contributed by atoms with Gasteiger partial charge in [0.15, 0.2) is 0 Å². The van der Waals surface area contributed by atoms with E-state index < -0.39 is 0 Å². The van der Waals surface area contributed by atoms with Gasteiger partial charge in [0.2, 0.25) is 0 Å². The quantitative estimate of drug-likeness (QED) is 0.748. The van der Waals surface area contributed by atoms with Crippen molar-refractivity contribution in [3.05, 3.63) is 35.1 Å². The van der Waals surface area contributed by atoms with Crippen LogP contribution in [0, 0.1) is 17.7 Å². The highest BCUT2D eigenvalue weighted by Crippen LogP contribution is 2.13. The maximum absolute atomic E-state index is 14.0. The molecule has 0 unspecified atom stereocenters. The second kappa shape index (κ2) is 9.49. The molecule has 1 aromatic carbocycles. The SMILES string of the molecule is CCCCN(CCO)Cc1ccc(C#CCO)cc1F. The molecule has 3 nitrogen and oxygen atoms in total. The number of benzene rings is 1. The zero-order chi connectivity index (χ0) is 14.8. The van der Waals surface area contributed by atoms with Crippen molar-refractivity contribution < 1.29 is 14.6 Å². The third kappa shape index (κ3) is 5.70. The Bertz CT molecular complexity index is 465. The molecule has 1 aromatic rings. The number of hydrogen-bond donors (Lipinski definition) is 2. The summed E-state index contributed by atoms with van der Waals surface area (Å²) in [5.74, 6) is 4.88. The van der Waals surface area contributed by atoms with E-state index in [1.54, 1.807) is 12.1 Å². The number of hydrogen-bond acceptors (Lipinski definition) is 3. The first-order valence-electron chi connectivity index (χ1n) is 6.92. The first-order chi connectivity index (χ1) is 9.71. The molecule has 0 heterocycles. The molecule has 110 valence electrons. The standard InChI is InChI=1S/C16H22FNO2/c1-2-3-8-18(9-11-20)13-15-7-6-14(5-4-10-19)12-16(15)17/h6-7,12,19-20H,2-3,8-11,13H2,1H3. The highest BCUT2D eigenvalue weighted by atomic mass is 19.1. The van der Waals surface area contributed by atoms with Crippen LogP contribution in [0.4, 0.5) is 4.39 Å². The summed E-state index contributed by atoms with van der Waals surface area (Å²) in [6.45, 7) is 3.83. The van der Waals surface area contributed by atoms with Gasteiger partial charge in [0.25, 0.3) is 0 Å². The van der Waals surface area contributed by atoms with Crippen LogP contribution in [0.25, 0.3) is 0 Å². The molecule has 1 rings (SSSR count). The molecular formula is C16H22FNO2. The van der Waals surface area contributed by atoms with Gasteiger partial charge in [-0.25, -0.2) is 4.39 Å². The van der Waals surface area contributed by atoms with Gasteiger partial charge in [-0.1, -0.05) is 31.3 Å². The van der Waals surface area contributed by atoms with Crippen molar-refractivity contribution in [1.29, 1.82) is 0 Å². The molecule has 0 aliphatic carbocycles. The molecule has 0 radical (unpaired) electrons. The molecule has 0 aliphatic heterocycles. The summed E-state index contributed by atoms with van der Waals surface area (Å²) in [6.07, 6.45) is 2.10. The summed E-state index contributed by atoms with van der Waals surface area (Å²) in [5.41, 5.74) is 1.16. The maximum Gasteiger partial charge on any atom is 0.128 e. The first kappa shape index (κ1) is 16.6. The normalized spacial score (nSPS) is 10.4. The van der Waals surface area contributed by atoms with Crippen molar-refractivity contribution in [2.45, 2.75) is 26.3 Å². The molecule has 0 atom stereocenters. The molecule has 0 aromatic heterocycles. The van der Waals surface area contributed by atoms with Crippen LogP contribution >= 0.6 is 0 Å². The van der Waals surface area contributed by atoms with Crippen LogP contribution in [0.5, 0.6) is 0 Å². The third-order valence-corrected chi connectivity index (χ3v) is 3.00. The third-order valence-electron chi connectivity index (χ3n) is 3.00. The molecule has 0 amide bonds. The minimum Gasteiger partial charge on any atom is -0.395 e. The fraction of sp³-hybridized carbons (Fsp3) is 0.500. The van der Waals surface area contributed by atoms with Crippen LogP contribution in [0.2, 0.25) is 0 Å². The van der Waals surface area contributed by atoms with Gasteiger partial charge < -0.3 is 10.2 Å². The van der Waals surface area contributed by atoms with Gasteiger partial charge in [-0.2, -0.15) is 0 Å². The number of aliphatic hydroxyl groups excluding tert-OH is 2. The first-order valence-corrected chi connectivity index (χ1v) is 6.92. The van der Waals surface area contributed by atoms with Crippen LogP contribution in [-0.4, -0.2) is 41.4 Å². The van der Waals surface area contributed by atoms with Gasteiger partial charge >= 0.3 is 0 Å². The Morgan fingerprint density at radius 3 is 2.65 bits per heavy atom. The lowest BCUT2D eigenvalue weighted by Gasteiger charge is -2.21. The van der Waals surface area contributed by atoms with E-state index in [9.17, 15) is 4.39 Å². The maximum atomic E-state index is 14.0. The van der Waals surface area contributed by atoms with E-state index in [1.807, 2.05) is 4.90 Å². The molecule has 0 bridgehead atoms. The molecule has 0 saturated carbocycles. The van der Waals surface area contributed by atoms with Crippen molar-refractivity contribution in [3.63, 3.8) is 0 Å². The van der Waals surface area contributed by atoms with Crippen molar-refractivity contribution in [3.8, 4) is 11.8 Å². The predicted octanol–water partition coefficient (Wildman–Crippen LogP) is 1.76. The Morgan fingerprint density at radius 1 is 1.25 bits per heavy atom. The minimum atomic E-state index is -0.297. The minimum absolute atomic E-state index is 0.0748. The van der Waals surface area contributed by atoms with Crippen molar-refractivity contribution in [1.82, 2.24) is 4.90 Å². The number of unbranched alkanes of at least 4 members (excludes halogenated alkanes) is 1. The van der Waals surface area contributed by atoms with E-state index in [1.165, 1.54) is 6.07 Å². The van der Waals surface area contributed by atoms with E-state index in [4.69, 9.17) is 10.2 Å². The topological polar surface area (TPSA) is 43.7 Å². The average Bonchev–Trinajstić information content (AvgIpc) is 2.45. The van der Waals surface area contributed by atoms with E-state index >= 15 is 0 Å². The number of nitrogens with zero attached hydrogens (tertiary/aromatic N) is 1. The molecular weight excluding hydrogens is 257 g/mol. The van der Waals surface area contributed by atoms with Gasteiger partial charge in [-0.3, -0.25) is 4.90 Å². The Balaban J connectivity index is 2.74. The van der Waals surface area contributed by atoms with Crippen LogP contribution in [0.1, 0.15) is 30.9 Å². The molecule has 0 saturated heterocycles. The summed E-state index contributed by atoms with van der Waals surface area (Å²) < 4.78 is 14.0. The fourth-order valence-electron chi connectivity index (χ4n) is 1.93. The monoisotopic (exact) mass is 279 g/mol. The molecule has 4 heteroatoms. The largest absolute Gasteiger partial charge is 0.395 e. The number of rotatable bonds is 7. The number of halogens is 1. The van der Waals surface area contributed by atoms with Gasteiger partial charge in [-0.15, -0.1) is 0 Å². The number of aliphatic hydroxyl groups is 2. The summed E-state index contributed by atoms with van der Waals surface area (Å²) in [4.78, 5) is 2.04. The highest BCUT2D eigenvalue weighted by molar-refractivity contribution is 5.37. The average molecular weight is 279 g/mol. The van der Waals surface area contributed by atoms with Crippen LogP contribution in [0.15, 0.2) is 18.2 Å². The van der Waals surface area contributed by atoms with E-state index in [0.717, 1.165) is 19.4 Å². The van der Waals surface area contributed by atoms with E-state index in [2.05, 4.69) is 18.8 Å². The van der Waals surface area contributed by atoms with Crippen molar-refractivity contribution in [2.75, 3.05) is 26.3 Å². The van der Waals surface area contributed by atoms with Gasteiger partial charge in [0, 0.05) is 24.2 Å². The lowest BCUT2D eigenvalue weighted by Crippen LogP contribution is -2.28. The molecule has 0 spiro atoms. The highest BCUT2D eigenvalue weighted by Gasteiger charge is 2.09. The molecule has 0 fully saturated rings. The smallest absolute Gasteiger partial charge is 0.128 e. The Labute approximate surface area is 120 Å². The van der Waals surface area contributed by atoms with Crippen LogP contribution in [0.3, 0.4) is 0 Å². The van der Waals surface area contributed by atoms with Crippen molar-refractivity contribution in [2.24, 2.45) is 0 Å².